The Kier molecular flexibility index (Phi) is 1.69. The minimum Gasteiger partial charge on any atom is -0.479 e. The molecule has 1 unspecified atom stereocenters. The van der Waals surface area contributed by atoms with Gasteiger partial charge >= 0.3 is 5.97 Å². The molecule has 0 radical (unpaired) electrons. The van der Waals surface area contributed by atoms with Crippen LogP contribution in [0.1, 0.15) is 22.3 Å². The molecule has 4 heteroatoms. The number of hydrogen-bond donors (Lipinski definition) is 2. The van der Waals surface area contributed by atoms with E-state index in [0.717, 1.165) is 0 Å². The lowest BCUT2D eigenvalue weighted by atomic mass is 9.96. The Hall–Kier alpha value is -1.68. The highest BCUT2D eigenvalue weighted by Gasteiger charge is 2.47. The van der Waals surface area contributed by atoms with Gasteiger partial charge in [-0.25, -0.2) is 4.79 Å². The average molecular weight is 192 g/mol. The number of aliphatic hydroxyl groups is 1. The molecule has 4 nitrogen and oxygen atoms in total. The lowest BCUT2D eigenvalue weighted by molar-refractivity contribution is -0.158. The van der Waals surface area contributed by atoms with Crippen LogP contribution in [0.5, 0.6) is 0 Å². The minimum absolute atomic E-state index is 0.192. The highest BCUT2D eigenvalue weighted by atomic mass is 16.4. The van der Waals surface area contributed by atoms with Crippen molar-refractivity contribution in [3.05, 3.63) is 35.4 Å². The van der Waals surface area contributed by atoms with Crippen molar-refractivity contribution in [2.75, 3.05) is 0 Å². The van der Waals surface area contributed by atoms with Gasteiger partial charge in [0.05, 0.1) is 6.42 Å². The molecule has 0 saturated carbocycles. The summed E-state index contributed by atoms with van der Waals surface area (Å²) in [7, 11) is 0. The molecule has 1 aromatic rings. The van der Waals surface area contributed by atoms with E-state index in [2.05, 4.69) is 0 Å². The van der Waals surface area contributed by atoms with Gasteiger partial charge in [0.15, 0.2) is 11.4 Å². The monoisotopic (exact) mass is 192 g/mol. The summed E-state index contributed by atoms with van der Waals surface area (Å²) in [6, 6.07) is 6.24. The summed E-state index contributed by atoms with van der Waals surface area (Å²) in [4.78, 5) is 22.2. The van der Waals surface area contributed by atoms with Crippen LogP contribution in [0.4, 0.5) is 0 Å². The number of aliphatic carboxylic acids is 1. The van der Waals surface area contributed by atoms with Crippen molar-refractivity contribution < 1.29 is 19.8 Å². The summed E-state index contributed by atoms with van der Waals surface area (Å²) in [5.41, 5.74) is -1.54. The Morgan fingerprint density at radius 3 is 2.64 bits per heavy atom. The van der Waals surface area contributed by atoms with E-state index < -0.39 is 11.6 Å². The van der Waals surface area contributed by atoms with Crippen LogP contribution < -0.4 is 0 Å². The van der Waals surface area contributed by atoms with E-state index in [0.29, 0.717) is 5.56 Å². The molecular formula is C10H8O4. The van der Waals surface area contributed by atoms with Gasteiger partial charge in [-0.2, -0.15) is 0 Å². The SMILES string of the molecule is O=C1CC(O)(C(=O)O)c2ccccc21. The van der Waals surface area contributed by atoms with Crippen molar-refractivity contribution in [3.63, 3.8) is 0 Å². The molecule has 2 N–H and O–H groups in total. The number of hydrogen-bond acceptors (Lipinski definition) is 3. The minimum atomic E-state index is -2.03. The average Bonchev–Trinajstić information content (AvgIpc) is 2.42. The van der Waals surface area contributed by atoms with Gasteiger partial charge in [-0.05, 0) is 0 Å². The molecule has 0 spiro atoms. The molecule has 1 atom stereocenters. The Morgan fingerprint density at radius 2 is 2.00 bits per heavy atom. The number of benzene rings is 1. The van der Waals surface area contributed by atoms with E-state index in [1.807, 2.05) is 0 Å². The number of ketones is 1. The molecule has 0 aromatic heterocycles. The van der Waals surface area contributed by atoms with E-state index in [1.54, 1.807) is 12.1 Å². The second-order valence-corrected chi connectivity index (χ2v) is 3.31. The van der Waals surface area contributed by atoms with Crippen LogP contribution in [0.15, 0.2) is 24.3 Å². The molecule has 1 aliphatic carbocycles. The van der Waals surface area contributed by atoms with Crippen molar-refractivity contribution in [2.45, 2.75) is 12.0 Å². The largest absolute Gasteiger partial charge is 0.479 e. The maximum absolute atomic E-state index is 11.4. The molecule has 0 fully saturated rings. The van der Waals surface area contributed by atoms with Crippen molar-refractivity contribution in [2.24, 2.45) is 0 Å². The number of carboxylic acids is 1. The third-order valence-electron chi connectivity index (χ3n) is 2.44. The zero-order valence-corrected chi connectivity index (χ0v) is 7.23. The maximum atomic E-state index is 11.4. The molecule has 0 saturated heterocycles. The fraction of sp³-hybridized carbons (Fsp3) is 0.200. The summed E-state index contributed by atoms with van der Waals surface area (Å²) < 4.78 is 0. The number of carboxylic acid groups (broad SMARTS) is 1. The Balaban J connectivity index is 2.65. The first-order valence-electron chi connectivity index (χ1n) is 4.14. The number of fused-ring (bicyclic) bond motifs is 1. The van der Waals surface area contributed by atoms with E-state index in [9.17, 15) is 14.7 Å². The topological polar surface area (TPSA) is 74.6 Å². The second kappa shape index (κ2) is 2.65. The molecule has 0 aliphatic heterocycles. The number of Topliss-reactive ketones (excluding diaryl/α,β-unsaturated/α-hetero) is 1. The third kappa shape index (κ3) is 0.975. The lowest BCUT2D eigenvalue weighted by Gasteiger charge is -2.16. The highest BCUT2D eigenvalue weighted by Crippen LogP contribution is 2.36. The van der Waals surface area contributed by atoms with Gasteiger partial charge in [0, 0.05) is 11.1 Å². The van der Waals surface area contributed by atoms with Crippen molar-refractivity contribution in [3.8, 4) is 0 Å². The van der Waals surface area contributed by atoms with Crippen LogP contribution >= 0.6 is 0 Å². The molecule has 1 aromatic carbocycles. The zero-order chi connectivity index (χ0) is 10.3. The van der Waals surface area contributed by atoms with Gasteiger partial charge in [0.25, 0.3) is 0 Å². The van der Waals surface area contributed by atoms with Gasteiger partial charge in [0.2, 0.25) is 0 Å². The zero-order valence-electron chi connectivity index (χ0n) is 7.23. The number of rotatable bonds is 1. The number of carbonyl (C=O) groups is 2. The standard InChI is InChI=1S/C10H8O4/c11-8-5-10(14,9(12)13)7-4-2-1-3-6(7)8/h1-4,14H,5H2,(H,12,13). The van der Waals surface area contributed by atoms with Crippen molar-refractivity contribution in [1.29, 1.82) is 0 Å². The van der Waals surface area contributed by atoms with Crippen LogP contribution in [0, 0.1) is 0 Å². The van der Waals surface area contributed by atoms with Crippen LogP contribution in [0.2, 0.25) is 0 Å². The molecule has 14 heavy (non-hydrogen) atoms. The first-order chi connectivity index (χ1) is 6.55. The fourth-order valence-corrected chi connectivity index (χ4v) is 1.70. The quantitative estimate of drug-likeness (QED) is 0.681. The lowest BCUT2D eigenvalue weighted by Crippen LogP contribution is -2.33. The van der Waals surface area contributed by atoms with Crippen LogP contribution in [-0.4, -0.2) is 22.0 Å². The predicted molar refractivity (Wildman–Crippen MR) is 46.9 cm³/mol. The summed E-state index contributed by atoms with van der Waals surface area (Å²) >= 11 is 0. The Bertz CT molecular complexity index is 424. The van der Waals surface area contributed by atoms with Crippen molar-refractivity contribution in [1.82, 2.24) is 0 Å². The molecule has 0 bridgehead atoms. The van der Waals surface area contributed by atoms with Crippen molar-refractivity contribution >= 4 is 11.8 Å². The van der Waals surface area contributed by atoms with Gasteiger partial charge in [-0.3, -0.25) is 4.79 Å². The fourth-order valence-electron chi connectivity index (χ4n) is 1.70. The Morgan fingerprint density at radius 1 is 1.36 bits per heavy atom. The Labute approximate surface area is 79.8 Å². The molecule has 0 heterocycles. The van der Waals surface area contributed by atoms with Crippen LogP contribution in [-0.2, 0) is 10.4 Å². The molecule has 1 aliphatic rings. The summed E-state index contributed by atoms with van der Waals surface area (Å²) in [6.45, 7) is 0. The summed E-state index contributed by atoms with van der Waals surface area (Å²) in [5.74, 6) is -1.71. The molecule has 0 amide bonds. The normalized spacial score (nSPS) is 24.8. The van der Waals surface area contributed by atoms with Gasteiger partial charge in [-0.1, -0.05) is 24.3 Å². The second-order valence-electron chi connectivity index (χ2n) is 3.31. The third-order valence-corrected chi connectivity index (χ3v) is 2.44. The first-order valence-corrected chi connectivity index (χ1v) is 4.14. The van der Waals surface area contributed by atoms with E-state index in [4.69, 9.17) is 5.11 Å². The summed E-state index contributed by atoms with van der Waals surface area (Å²) in [5, 5.41) is 18.6. The number of carbonyl (C=O) groups excluding carboxylic acids is 1. The summed E-state index contributed by atoms with van der Waals surface area (Å²) in [6.07, 6.45) is -0.373. The van der Waals surface area contributed by atoms with E-state index >= 15 is 0 Å². The van der Waals surface area contributed by atoms with E-state index in [1.165, 1.54) is 12.1 Å². The predicted octanol–water partition coefficient (Wildman–Crippen LogP) is 0.545. The van der Waals surface area contributed by atoms with E-state index in [-0.39, 0.29) is 17.8 Å². The maximum Gasteiger partial charge on any atom is 0.340 e. The van der Waals surface area contributed by atoms with Crippen LogP contribution in [0.3, 0.4) is 0 Å². The van der Waals surface area contributed by atoms with Crippen LogP contribution in [0.25, 0.3) is 0 Å². The van der Waals surface area contributed by atoms with Gasteiger partial charge in [-0.15, -0.1) is 0 Å². The smallest absolute Gasteiger partial charge is 0.340 e. The van der Waals surface area contributed by atoms with Gasteiger partial charge in [0.1, 0.15) is 0 Å². The highest BCUT2D eigenvalue weighted by molar-refractivity contribution is 6.06. The molecule has 72 valence electrons. The molecule has 2 rings (SSSR count). The van der Waals surface area contributed by atoms with Gasteiger partial charge < -0.3 is 10.2 Å². The first kappa shape index (κ1) is 8.90. The molecular weight excluding hydrogens is 184 g/mol.